The second-order valence-electron chi connectivity index (χ2n) is 4.82. The summed E-state index contributed by atoms with van der Waals surface area (Å²) in [5.74, 6) is 0. The Morgan fingerprint density at radius 3 is 2.83 bits per heavy atom. The van der Waals surface area contributed by atoms with Gasteiger partial charge in [0.1, 0.15) is 0 Å². The summed E-state index contributed by atoms with van der Waals surface area (Å²) in [5.41, 5.74) is 7.28. The zero-order chi connectivity index (χ0) is 12.8. The van der Waals surface area contributed by atoms with Gasteiger partial charge in [-0.15, -0.1) is 11.3 Å². The molecular formula is C13H22N2O2S. The van der Waals surface area contributed by atoms with E-state index in [0.717, 1.165) is 18.0 Å². The fourth-order valence-electron chi connectivity index (χ4n) is 2.24. The minimum Gasteiger partial charge on any atom is -0.382 e. The topological polar surface area (TPSA) is 57.4 Å². The van der Waals surface area contributed by atoms with Gasteiger partial charge in [0, 0.05) is 30.9 Å². The lowest BCUT2D eigenvalue weighted by molar-refractivity contribution is 0.0722. The number of thiazole rings is 1. The molecule has 1 aliphatic rings. The second kappa shape index (κ2) is 6.61. The fourth-order valence-corrected chi connectivity index (χ4v) is 3.14. The molecule has 0 bridgehead atoms. The highest BCUT2D eigenvalue weighted by Crippen LogP contribution is 2.42. The molecule has 2 N–H and O–H groups in total. The largest absolute Gasteiger partial charge is 0.382 e. The van der Waals surface area contributed by atoms with E-state index >= 15 is 0 Å². The molecule has 0 aromatic carbocycles. The first-order chi connectivity index (χ1) is 8.80. The quantitative estimate of drug-likeness (QED) is 0.731. The first-order valence-corrected chi connectivity index (χ1v) is 7.40. The maximum absolute atomic E-state index is 5.89. The molecule has 102 valence electrons. The molecule has 4 nitrogen and oxygen atoms in total. The van der Waals surface area contributed by atoms with Gasteiger partial charge in [-0.2, -0.15) is 0 Å². The minimum absolute atomic E-state index is 0.186. The molecule has 0 saturated heterocycles. The first kappa shape index (κ1) is 13.9. The number of ether oxygens (including phenoxy) is 2. The summed E-state index contributed by atoms with van der Waals surface area (Å²) in [4.78, 5) is 4.72. The van der Waals surface area contributed by atoms with Crippen LogP contribution >= 0.6 is 11.3 Å². The van der Waals surface area contributed by atoms with Gasteiger partial charge in [-0.3, -0.25) is 0 Å². The van der Waals surface area contributed by atoms with E-state index in [4.69, 9.17) is 20.2 Å². The Kier molecular flexibility index (Phi) is 5.12. The van der Waals surface area contributed by atoms with Crippen molar-refractivity contribution in [3.05, 3.63) is 16.1 Å². The van der Waals surface area contributed by atoms with Crippen molar-refractivity contribution in [3.63, 3.8) is 0 Å². The van der Waals surface area contributed by atoms with Crippen molar-refractivity contribution in [2.45, 2.75) is 31.1 Å². The first-order valence-electron chi connectivity index (χ1n) is 6.52. The maximum Gasteiger partial charge on any atom is 0.0951 e. The zero-order valence-electron chi connectivity index (χ0n) is 11.0. The number of nitrogens with two attached hydrogens (primary N) is 1. The summed E-state index contributed by atoms with van der Waals surface area (Å²) in [6.45, 7) is 2.74. The van der Waals surface area contributed by atoms with Crippen molar-refractivity contribution in [2.24, 2.45) is 5.73 Å². The molecule has 5 heteroatoms. The van der Waals surface area contributed by atoms with Gasteiger partial charge in [0.2, 0.25) is 0 Å². The van der Waals surface area contributed by atoms with E-state index in [1.54, 1.807) is 18.4 Å². The Morgan fingerprint density at radius 2 is 2.22 bits per heavy atom. The maximum atomic E-state index is 5.89. The molecule has 1 fully saturated rings. The molecule has 0 spiro atoms. The van der Waals surface area contributed by atoms with Crippen molar-refractivity contribution in [2.75, 3.05) is 33.5 Å². The molecule has 1 aromatic rings. The summed E-state index contributed by atoms with van der Waals surface area (Å²) >= 11 is 1.73. The number of rotatable bonds is 8. The third-order valence-electron chi connectivity index (χ3n) is 3.69. The lowest BCUT2D eigenvalue weighted by Crippen LogP contribution is -2.41. The molecule has 1 saturated carbocycles. The van der Waals surface area contributed by atoms with Crippen LogP contribution in [0.15, 0.2) is 5.38 Å². The molecule has 2 rings (SSSR count). The Labute approximate surface area is 113 Å². The predicted octanol–water partition coefficient (Wildman–Crippen LogP) is 1.73. The van der Waals surface area contributed by atoms with Crippen LogP contribution in [0.25, 0.3) is 0 Å². The van der Waals surface area contributed by atoms with Crippen LogP contribution in [-0.4, -0.2) is 38.5 Å². The molecule has 0 atom stereocenters. The smallest absolute Gasteiger partial charge is 0.0951 e. The number of hydrogen-bond acceptors (Lipinski definition) is 5. The lowest BCUT2D eigenvalue weighted by Gasteiger charge is -2.39. The highest BCUT2D eigenvalue weighted by molar-refractivity contribution is 7.09. The Morgan fingerprint density at radius 1 is 1.39 bits per heavy atom. The van der Waals surface area contributed by atoms with E-state index in [0.29, 0.717) is 19.8 Å². The minimum atomic E-state index is 0.186. The molecule has 0 radical (unpaired) electrons. The fraction of sp³-hybridized carbons (Fsp3) is 0.769. The second-order valence-corrected chi connectivity index (χ2v) is 5.76. The third kappa shape index (κ3) is 3.09. The summed E-state index contributed by atoms with van der Waals surface area (Å²) in [5, 5.41) is 3.33. The van der Waals surface area contributed by atoms with Crippen LogP contribution < -0.4 is 5.73 Å². The van der Waals surface area contributed by atoms with Crippen molar-refractivity contribution < 1.29 is 9.47 Å². The molecule has 18 heavy (non-hydrogen) atoms. The summed E-state index contributed by atoms with van der Waals surface area (Å²) in [6.07, 6.45) is 4.55. The van der Waals surface area contributed by atoms with Gasteiger partial charge in [-0.25, -0.2) is 4.98 Å². The number of hydrogen-bond donors (Lipinski definition) is 1. The highest BCUT2D eigenvalue weighted by Gasteiger charge is 2.39. The van der Waals surface area contributed by atoms with Crippen molar-refractivity contribution in [1.82, 2.24) is 4.98 Å². The van der Waals surface area contributed by atoms with Crippen molar-refractivity contribution in [3.8, 4) is 0 Å². The number of nitrogens with zero attached hydrogens (tertiary/aromatic N) is 1. The monoisotopic (exact) mass is 270 g/mol. The van der Waals surface area contributed by atoms with Gasteiger partial charge in [0.05, 0.1) is 30.5 Å². The van der Waals surface area contributed by atoms with Crippen LogP contribution in [0, 0.1) is 0 Å². The molecule has 1 aliphatic carbocycles. The number of aromatic nitrogens is 1. The standard InChI is InChI=1S/C13H22N2O2S/c1-16-7-8-17-6-3-12-15-11(9-18-12)13(10-14)4-2-5-13/h9H,2-8,10,14H2,1H3. The van der Waals surface area contributed by atoms with Crippen molar-refractivity contribution >= 4 is 11.3 Å². The van der Waals surface area contributed by atoms with E-state index in [1.807, 2.05) is 0 Å². The Bertz CT molecular complexity index is 358. The Hall–Kier alpha value is -0.490. The van der Waals surface area contributed by atoms with Gasteiger partial charge < -0.3 is 15.2 Å². The van der Waals surface area contributed by atoms with Gasteiger partial charge >= 0.3 is 0 Å². The van der Waals surface area contributed by atoms with E-state index in [-0.39, 0.29) is 5.41 Å². The lowest BCUT2D eigenvalue weighted by atomic mass is 9.67. The van der Waals surface area contributed by atoms with Crippen LogP contribution in [0.2, 0.25) is 0 Å². The van der Waals surface area contributed by atoms with Crippen LogP contribution in [-0.2, 0) is 21.3 Å². The van der Waals surface area contributed by atoms with E-state index in [9.17, 15) is 0 Å². The molecular weight excluding hydrogens is 248 g/mol. The normalized spacial score (nSPS) is 17.7. The van der Waals surface area contributed by atoms with E-state index in [2.05, 4.69) is 5.38 Å². The molecule has 0 unspecified atom stereocenters. The average molecular weight is 270 g/mol. The van der Waals surface area contributed by atoms with Crippen molar-refractivity contribution in [1.29, 1.82) is 0 Å². The molecule has 0 amide bonds. The van der Waals surface area contributed by atoms with Gasteiger partial charge in [-0.05, 0) is 12.8 Å². The Balaban J connectivity index is 1.79. The van der Waals surface area contributed by atoms with E-state index in [1.165, 1.54) is 25.0 Å². The van der Waals surface area contributed by atoms with Crippen LogP contribution in [0.4, 0.5) is 0 Å². The molecule has 1 heterocycles. The number of methoxy groups -OCH3 is 1. The molecule has 1 aromatic heterocycles. The third-order valence-corrected chi connectivity index (χ3v) is 4.60. The van der Waals surface area contributed by atoms with Gasteiger partial charge in [-0.1, -0.05) is 6.42 Å². The highest BCUT2D eigenvalue weighted by atomic mass is 32.1. The predicted molar refractivity (Wildman–Crippen MR) is 73.1 cm³/mol. The summed E-state index contributed by atoms with van der Waals surface area (Å²) in [6, 6.07) is 0. The van der Waals surface area contributed by atoms with Crippen LogP contribution in [0.3, 0.4) is 0 Å². The van der Waals surface area contributed by atoms with Gasteiger partial charge in [0.25, 0.3) is 0 Å². The molecule has 0 aliphatic heterocycles. The summed E-state index contributed by atoms with van der Waals surface area (Å²) in [7, 11) is 1.68. The van der Waals surface area contributed by atoms with Crippen LogP contribution in [0.1, 0.15) is 30.0 Å². The summed E-state index contributed by atoms with van der Waals surface area (Å²) < 4.78 is 10.4. The van der Waals surface area contributed by atoms with Crippen LogP contribution in [0.5, 0.6) is 0 Å². The zero-order valence-corrected chi connectivity index (χ0v) is 11.8. The SMILES string of the molecule is COCCOCCc1nc(C2(CN)CCC2)cs1. The average Bonchev–Trinajstić information content (AvgIpc) is 2.77. The van der Waals surface area contributed by atoms with Gasteiger partial charge in [0.15, 0.2) is 0 Å². The van der Waals surface area contributed by atoms with E-state index < -0.39 is 0 Å².